The van der Waals surface area contributed by atoms with Crippen molar-refractivity contribution in [3.63, 3.8) is 0 Å². The van der Waals surface area contributed by atoms with E-state index in [2.05, 4.69) is 24.2 Å². The number of hydrogen-bond donors (Lipinski definition) is 0. The van der Waals surface area contributed by atoms with E-state index in [1.165, 1.54) is 5.57 Å². The SMILES string of the molecule is C=CC1CN=CC(=C2OCOC2=C)C1=CC. The Morgan fingerprint density at radius 3 is 2.88 bits per heavy atom. The molecule has 2 aliphatic rings. The van der Waals surface area contributed by atoms with Crippen molar-refractivity contribution in [1.82, 2.24) is 0 Å². The van der Waals surface area contributed by atoms with Gasteiger partial charge in [0.05, 0.1) is 0 Å². The second kappa shape index (κ2) is 4.39. The molecule has 3 heteroatoms. The lowest BCUT2D eigenvalue weighted by Gasteiger charge is -2.20. The molecule has 0 aromatic carbocycles. The molecule has 0 amide bonds. The molecule has 0 N–H and O–H groups in total. The summed E-state index contributed by atoms with van der Waals surface area (Å²) < 4.78 is 10.6. The van der Waals surface area contributed by atoms with Gasteiger partial charge in [-0.05, 0) is 12.5 Å². The predicted molar refractivity (Wildman–Crippen MR) is 64.0 cm³/mol. The van der Waals surface area contributed by atoms with Gasteiger partial charge in [0.25, 0.3) is 0 Å². The van der Waals surface area contributed by atoms with E-state index in [1.807, 2.05) is 19.2 Å². The minimum Gasteiger partial charge on any atom is -0.454 e. The van der Waals surface area contributed by atoms with Crippen LogP contribution in [0.2, 0.25) is 0 Å². The summed E-state index contributed by atoms with van der Waals surface area (Å²) in [6.07, 6.45) is 5.80. The highest BCUT2D eigenvalue weighted by molar-refractivity contribution is 5.88. The quantitative estimate of drug-likeness (QED) is 0.632. The third-order valence-electron chi connectivity index (χ3n) is 2.76. The lowest BCUT2D eigenvalue weighted by Crippen LogP contribution is -2.15. The molecule has 2 rings (SSSR count). The maximum absolute atomic E-state index is 5.42. The fourth-order valence-electron chi connectivity index (χ4n) is 1.92. The number of ether oxygens (including phenoxy) is 2. The first-order valence-corrected chi connectivity index (χ1v) is 5.26. The number of hydrogen-bond acceptors (Lipinski definition) is 3. The highest BCUT2D eigenvalue weighted by Gasteiger charge is 2.25. The van der Waals surface area contributed by atoms with Crippen molar-refractivity contribution < 1.29 is 9.47 Å². The van der Waals surface area contributed by atoms with Crippen LogP contribution in [0.4, 0.5) is 0 Å². The second-order valence-corrected chi connectivity index (χ2v) is 3.65. The summed E-state index contributed by atoms with van der Waals surface area (Å²) in [6.45, 7) is 10.6. The smallest absolute Gasteiger partial charge is 0.231 e. The van der Waals surface area contributed by atoms with Crippen molar-refractivity contribution in [2.75, 3.05) is 13.3 Å². The zero-order chi connectivity index (χ0) is 11.5. The van der Waals surface area contributed by atoms with E-state index in [-0.39, 0.29) is 12.7 Å². The van der Waals surface area contributed by atoms with Gasteiger partial charge in [-0.15, -0.1) is 6.58 Å². The Bertz CT molecular complexity index is 416. The van der Waals surface area contributed by atoms with Crippen LogP contribution in [-0.4, -0.2) is 19.6 Å². The summed E-state index contributed by atoms with van der Waals surface area (Å²) in [5.74, 6) is 1.52. The van der Waals surface area contributed by atoms with Crippen molar-refractivity contribution in [2.45, 2.75) is 6.92 Å². The normalized spacial score (nSPS) is 31.4. The first-order chi connectivity index (χ1) is 7.77. The van der Waals surface area contributed by atoms with E-state index in [1.54, 1.807) is 0 Å². The number of nitrogens with zero attached hydrogens (tertiary/aromatic N) is 1. The third-order valence-corrected chi connectivity index (χ3v) is 2.76. The van der Waals surface area contributed by atoms with E-state index in [0.717, 1.165) is 12.1 Å². The van der Waals surface area contributed by atoms with Gasteiger partial charge in [-0.3, -0.25) is 4.99 Å². The molecule has 1 atom stereocenters. The Morgan fingerprint density at radius 1 is 1.50 bits per heavy atom. The van der Waals surface area contributed by atoms with Crippen LogP contribution in [0.1, 0.15) is 6.92 Å². The van der Waals surface area contributed by atoms with Crippen molar-refractivity contribution >= 4 is 6.21 Å². The number of allylic oxidation sites excluding steroid dienone is 2. The summed E-state index contributed by atoms with van der Waals surface area (Å²) in [4.78, 5) is 4.32. The molecule has 1 saturated heterocycles. The van der Waals surface area contributed by atoms with Crippen LogP contribution in [0.3, 0.4) is 0 Å². The highest BCUT2D eigenvalue weighted by atomic mass is 16.7. The molecule has 1 unspecified atom stereocenters. The Labute approximate surface area is 95.5 Å². The van der Waals surface area contributed by atoms with E-state index in [0.29, 0.717) is 11.5 Å². The lowest BCUT2D eigenvalue weighted by molar-refractivity contribution is 0.0976. The molecule has 0 spiro atoms. The van der Waals surface area contributed by atoms with Crippen LogP contribution in [0, 0.1) is 5.92 Å². The Balaban J connectivity index is 2.47. The maximum atomic E-state index is 5.42. The van der Waals surface area contributed by atoms with Crippen molar-refractivity contribution in [3.8, 4) is 0 Å². The molecular weight excluding hydrogens is 202 g/mol. The Morgan fingerprint density at radius 2 is 2.31 bits per heavy atom. The van der Waals surface area contributed by atoms with Crippen LogP contribution in [0.5, 0.6) is 0 Å². The van der Waals surface area contributed by atoms with Crippen molar-refractivity contribution in [1.29, 1.82) is 0 Å². The second-order valence-electron chi connectivity index (χ2n) is 3.65. The largest absolute Gasteiger partial charge is 0.454 e. The van der Waals surface area contributed by atoms with Gasteiger partial charge in [0.1, 0.15) is 0 Å². The fourth-order valence-corrected chi connectivity index (χ4v) is 1.92. The fraction of sp³-hybridized carbons (Fsp3) is 0.308. The van der Waals surface area contributed by atoms with Gasteiger partial charge in [0, 0.05) is 24.3 Å². The van der Waals surface area contributed by atoms with Gasteiger partial charge in [-0.25, -0.2) is 0 Å². The first kappa shape index (κ1) is 10.7. The molecule has 0 saturated carbocycles. The molecule has 0 aromatic rings. The average Bonchev–Trinajstić information content (AvgIpc) is 2.74. The third kappa shape index (κ3) is 1.69. The number of aliphatic imine (C=N–C) groups is 1. The van der Waals surface area contributed by atoms with E-state index < -0.39 is 0 Å². The zero-order valence-electron chi connectivity index (χ0n) is 9.40. The lowest BCUT2D eigenvalue weighted by atomic mass is 9.89. The average molecular weight is 217 g/mol. The molecule has 3 nitrogen and oxygen atoms in total. The molecule has 2 aliphatic heterocycles. The van der Waals surface area contributed by atoms with Crippen LogP contribution in [-0.2, 0) is 9.47 Å². The van der Waals surface area contributed by atoms with Gasteiger partial charge in [-0.2, -0.15) is 0 Å². The first-order valence-electron chi connectivity index (χ1n) is 5.26. The van der Waals surface area contributed by atoms with Gasteiger partial charge in [0.15, 0.2) is 11.5 Å². The molecule has 2 heterocycles. The Kier molecular flexibility index (Phi) is 2.95. The van der Waals surface area contributed by atoms with Crippen LogP contribution in [0.15, 0.2) is 53.0 Å². The van der Waals surface area contributed by atoms with Crippen LogP contribution < -0.4 is 0 Å². The molecule has 0 aromatic heterocycles. The summed E-state index contributed by atoms with van der Waals surface area (Å²) >= 11 is 0. The highest BCUT2D eigenvalue weighted by Crippen LogP contribution is 2.32. The van der Waals surface area contributed by atoms with E-state index in [9.17, 15) is 0 Å². The van der Waals surface area contributed by atoms with Gasteiger partial charge >= 0.3 is 0 Å². The van der Waals surface area contributed by atoms with Gasteiger partial charge in [-0.1, -0.05) is 18.7 Å². The van der Waals surface area contributed by atoms with Crippen LogP contribution >= 0.6 is 0 Å². The topological polar surface area (TPSA) is 30.8 Å². The summed E-state index contributed by atoms with van der Waals surface area (Å²) in [5, 5.41) is 0. The molecule has 84 valence electrons. The molecule has 0 radical (unpaired) electrons. The molecule has 0 bridgehead atoms. The summed E-state index contributed by atoms with van der Waals surface area (Å²) in [5.41, 5.74) is 2.13. The predicted octanol–water partition coefficient (Wildman–Crippen LogP) is 2.59. The van der Waals surface area contributed by atoms with E-state index >= 15 is 0 Å². The van der Waals surface area contributed by atoms with Crippen LogP contribution in [0.25, 0.3) is 0 Å². The standard InChI is InChI=1S/C13H15NO2/c1-4-10-6-14-7-12(11(10)5-2)13-9(3)15-8-16-13/h4-5,7,10H,1,3,6,8H2,2H3. The minimum absolute atomic E-state index is 0.237. The van der Waals surface area contributed by atoms with Crippen molar-refractivity contribution in [2.24, 2.45) is 10.9 Å². The van der Waals surface area contributed by atoms with Crippen molar-refractivity contribution in [3.05, 3.63) is 48.0 Å². The molecule has 16 heavy (non-hydrogen) atoms. The number of rotatable bonds is 1. The molecular formula is C13H15NO2. The summed E-state index contributed by atoms with van der Waals surface area (Å²) in [6, 6.07) is 0. The summed E-state index contributed by atoms with van der Waals surface area (Å²) in [7, 11) is 0. The zero-order valence-corrected chi connectivity index (χ0v) is 9.40. The van der Waals surface area contributed by atoms with Gasteiger partial charge < -0.3 is 9.47 Å². The monoisotopic (exact) mass is 217 g/mol. The molecule has 1 fully saturated rings. The Hall–Kier alpha value is -1.77. The maximum Gasteiger partial charge on any atom is 0.231 e. The minimum atomic E-state index is 0.237. The molecule has 0 aliphatic carbocycles. The van der Waals surface area contributed by atoms with E-state index in [4.69, 9.17) is 9.47 Å². The van der Waals surface area contributed by atoms with Gasteiger partial charge in [0.2, 0.25) is 6.79 Å².